The molecule has 0 saturated carbocycles. The third-order valence-corrected chi connectivity index (χ3v) is 5.96. The van der Waals surface area contributed by atoms with E-state index in [9.17, 15) is 0 Å². The van der Waals surface area contributed by atoms with Gasteiger partial charge < -0.3 is 9.30 Å². The average molecular weight is 378 g/mol. The standard InChI is InChI=1S/C24H31N3O/c1-4-5-12-26-13-11-24-22(17-26)21-15-20(28-3)8-9-23(21)27(24)14-10-19-7-6-18(2)25-16-19/h6-9,15-16H,4-5,10-14,17H2,1-3H3. The molecule has 4 nitrogen and oxygen atoms in total. The highest BCUT2D eigenvalue weighted by molar-refractivity contribution is 5.87. The number of aromatic nitrogens is 2. The lowest BCUT2D eigenvalue weighted by molar-refractivity contribution is 0.248. The Morgan fingerprint density at radius 1 is 1.14 bits per heavy atom. The number of benzene rings is 1. The van der Waals surface area contributed by atoms with Crippen LogP contribution in [0.2, 0.25) is 0 Å². The first kappa shape index (κ1) is 19.0. The molecule has 4 heteroatoms. The molecule has 148 valence electrons. The van der Waals surface area contributed by atoms with Crippen molar-refractivity contribution in [2.24, 2.45) is 0 Å². The van der Waals surface area contributed by atoms with Gasteiger partial charge in [-0.2, -0.15) is 0 Å². The molecule has 0 amide bonds. The fourth-order valence-corrected chi connectivity index (χ4v) is 4.33. The lowest BCUT2D eigenvalue weighted by atomic mass is 10.0. The van der Waals surface area contributed by atoms with Crippen molar-refractivity contribution in [3.63, 3.8) is 0 Å². The molecule has 0 N–H and O–H groups in total. The summed E-state index contributed by atoms with van der Waals surface area (Å²) in [7, 11) is 1.75. The second-order valence-corrected chi connectivity index (χ2v) is 7.90. The molecule has 0 bridgehead atoms. The first-order chi connectivity index (χ1) is 13.7. The maximum Gasteiger partial charge on any atom is 0.119 e. The van der Waals surface area contributed by atoms with E-state index in [4.69, 9.17) is 4.74 Å². The number of fused-ring (bicyclic) bond motifs is 3. The van der Waals surface area contributed by atoms with Crippen molar-refractivity contribution in [3.05, 3.63) is 59.0 Å². The third-order valence-electron chi connectivity index (χ3n) is 5.96. The topological polar surface area (TPSA) is 30.3 Å². The van der Waals surface area contributed by atoms with E-state index < -0.39 is 0 Å². The third kappa shape index (κ3) is 3.79. The Morgan fingerprint density at radius 2 is 2.04 bits per heavy atom. The van der Waals surface area contributed by atoms with Crippen LogP contribution in [0.5, 0.6) is 5.75 Å². The number of hydrogen-bond acceptors (Lipinski definition) is 3. The number of rotatable bonds is 7. The van der Waals surface area contributed by atoms with Crippen molar-refractivity contribution in [2.75, 3.05) is 20.2 Å². The molecule has 3 aromatic rings. The molecule has 0 saturated heterocycles. The summed E-state index contributed by atoms with van der Waals surface area (Å²) in [5, 5.41) is 1.36. The molecule has 0 unspecified atom stereocenters. The van der Waals surface area contributed by atoms with Crippen LogP contribution >= 0.6 is 0 Å². The van der Waals surface area contributed by atoms with Gasteiger partial charge in [-0.1, -0.05) is 19.4 Å². The van der Waals surface area contributed by atoms with Gasteiger partial charge in [0.1, 0.15) is 5.75 Å². The van der Waals surface area contributed by atoms with Crippen LogP contribution in [0.4, 0.5) is 0 Å². The second-order valence-electron chi connectivity index (χ2n) is 7.90. The fourth-order valence-electron chi connectivity index (χ4n) is 4.33. The first-order valence-corrected chi connectivity index (χ1v) is 10.5. The van der Waals surface area contributed by atoms with E-state index in [1.807, 2.05) is 13.1 Å². The van der Waals surface area contributed by atoms with Crippen molar-refractivity contribution >= 4 is 10.9 Å². The summed E-state index contributed by atoms with van der Waals surface area (Å²) >= 11 is 0. The summed E-state index contributed by atoms with van der Waals surface area (Å²) < 4.78 is 8.07. The SMILES string of the molecule is CCCCN1CCc2c(c3cc(OC)ccc3n2CCc2ccc(C)nc2)C1. The van der Waals surface area contributed by atoms with E-state index in [0.717, 1.165) is 43.9 Å². The Labute approximate surface area is 168 Å². The van der Waals surface area contributed by atoms with E-state index in [0.29, 0.717) is 0 Å². The molecule has 1 aliphatic heterocycles. The Hall–Kier alpha value is -2.33. The van der Waals surface area contributed by atoms with E-state index in [2.05, 4.69) is 51.7 Å². The van der Waals surface area contributed by atoms with Gasteiger partial charge in [0.05, 0.1) is 7.11 Å². The zero-order valence-corrected chi connectivity index (χ0v) is 17.4. The van der Waals surface area contributed by atoms with Crippen molar-refractivity contribution in [3.8, 4) is 5.75 Å². The van der Waals surface area contributed by atoms with Gasteiger partial charge in [0.25, 0.3) is 0 Å². The van der Waals surface area contributed by atoms with Crippen LogP contribution in [0, 0.1) is 6.92 Å². The summed E-state index contributed by atoms with van der Waals surface area (Å²) in [5.74, 6) is 0.945. The summed E-state index contributed by atoms with van der Waals surface area (Å²) in [6, 6.07) is 10.9. The number of ether oxygens (including phenoxy) is 1. The Balaban J connectivity index is 1.67. The van der Waals surface area contributed by atoms with Crippen LogP contribution < -0.4 is 4.74 Å². The number of pyridine rings is 1. The van der Waals surface area contributed by atoms with Crippen LogP contribution in [0.3, 0.4) is 0 Å². The lowest BCUT2D eigenvalue weighted by Gasteiger charge is -2.28. The predicted molar refractivity (Wildman–Crippen MR) is 115 cm³/mol. The van der Waals surface area contributed by atoms with Gasteiger partial charge in [0.15, 0.2) is 0 Å². The molecule has 0 fully saturated rings. The number of aryl methyl sites for hydroxylation is 3. The summed E-state index contributed by atoms with van der Waals surface area (Å²) in [4.78, 5) is 7.07. The minimum absolute atomic E-state index is 0.945. The fraction of sp³-hybridized carbons (Fsp3) is 0.458. The second kappa shape index (κ2) is 8.36. The summed E-state index contributed by atoms with van der Waals surface area (Å²) in [6.07, 6.45) is 6.68. The monoisotopic (exact) mass is 377 g/mol. The van der Waals surface area contributed by atoms with Crippen LogP contribution in [0.15, 0.2) is 36.5 Å². The minimum Gasteiger partial charge on any atom is -0.497 e. The zero-order valence-electron chi connectivity index (χ0n) is 17.4. The largest absolute Gasteiger partial charge is 0.497 e. The predicted octanol–water partition coefficient (Wildman–Crippen LogP) is 4.75. The Bertz CT molecular complexity index is 943. The van der Waals surface area contributed by atoms with Gasteiger partial charge in [-0.25, -0.2) is 0 Å². The normalized spacial score (nSPS) is 14.4. The summed E-state index contributed by atoms with van der Waals surface area (Å²) in [6.45, 7) is 8.72. The molecular weight excluding hydrogens is 346 g/mol. The van der Waals surface area contributed by atoms with Crippen LogP contribution in [0.25, 0.3) is 10.9 Å². The van der Waals surface area contributed by atoms with Gasteiger partial charge in [0, 0.05) is 54.5 Å². The molecule has 28 heavy (non-hydrogen) atoms. The molecular formula is C24H31N3O. The number of methoxy groups -OCH3 is 1. The number of nitrogens with zero attached hydrogens (tertiary/aromatic N) is 3. The molecule has 0 atom stereocenters. The highest BCUT2D eigenvalue weighted by Gasteiger charge is 2.24. The van der Waals surface area contributed by atoms with Gasteiger partial charge in [-0.3, -0.25) is 9.88 Å². The Kier molecular flexibility index (Phi) is 5.67. The lowest BCUT2D eigenvalue weighted by Crippen LogP contribution is -2.32. The van der Waals surface area contributed by atoms with Crippen molar-refractivity contribution in [1.29, 1.82) is 0 Å². The first-order valence-electron chi connectivity index (χ1n) is 10.5. The Morgan fingerprint density at radius 3 is 2.79 bits per heavy atom. The van der Waals surface area contributed by atoms with Gasteiger partial charge in [0.2, 0.25) is 0 Å². The van der Waals surface area contributed by atoms with Gasteiger partial charge in [-0.15, -0.1) is 0 Å². The molecule has 3 heterocycles. The maximum atomic E-state index is 5.52. The quantitative estimate of drug-likeness (QED) is 0.595. The van der Waals surface area contributed by atoms with E-state index >= 15 is 0 Å². The molecule has 1 aromatic carbocycles. The molecule has 0 spiro atoms. The van der Waals surface area contributed by atoms with Gasteiger partial charge in [-0.05, 0) is 61.7 Å². The zero-order chi connectivity index (χ0) is 19.5. The molecule has 2 aromatic heterocycles. The van der Waals surface area contributed by atoms with Crippen LogP contribution in [0.1, 0.15) is 42.3 Å². The number of hydrogen-bond donors (Lipinski definition) is 0. The summed E-state index contributed by atoms with van der Waals surface area (Å²) in [5.41, 5.74) is 6.72. The van der Waals surface area contributed by atoms with Crippen molar-refractivity contribution < 1.29 is 4.74 Å². The van der Waals surface area contributed by atoms with Crippen LogP contribution in [-0.4, -0.2) is 34.7 Å². The van der Waals surface area contributed by atoms with Gasteiger partial charge >= 0.3 is 0 Å². The van der Waals surface area contributed by atoms with Crippen molar-refractivity contribution in [1.82, 2.24) is 14.5 Å². The van der Waals surface area contributed by atoms with E-state index in [1.54, 1.807) is 7.11 Å². The molecule has 0 radical (unpaired) electrons. The molecule has 0 aliphatic carbocycles. The number of unbranched alkanes of at least 4 members (excludes halogenated alkanes) is 1. The smallest absolute Gasteiger partial charge is 0.119 e. The molecule has 1 aliphatic rings. The maximum absolute atomic E-state index is 5.52. The van der Waals surface area contributed by atoms with Crippen molar-refractivity contribution in [2.45, 2.75) is 52.6 Å². The van der Waals surface area contributed by atoms with Crippen LogP contribution in [-0.2, 0) is 25.9 Å². The highest BCUT2D eigenvalue weighted by atomic mass is 16.5. The minimum atomic E-state index is 0.945. The average Bonchev–Trinajstić information content (AvgIpc) is 3.04. The van der Waals surface area contributed by atoms with E-state index in [-0.39, 0.29) is 0 Å². The molecule has 4 rings (SSSR count). The highest BCUT2D eigenvalue weighted by Crippen LogP contribution is 2.33. The van der Waals surface area contributed by atoms with E-state index in [1.165, 1.54) is 47.1 Å².